The summed E-state index contributed by atoms with van der Waals surface area (Å²) in [7, 11) is 0. The number of hydrogen-bond donors (Lipinski definition) is 2. The molecule has 1 aliphatic heterocycles. The minimum absolute atomic E-state index is 0.0914. The third-order valence-corrected chi connectivity index (χ3v) is 4.40. The van der Waals surface area contributed by atoms with E-state index in [9.17, 15) is 9.59 Å². The smallest absolute Gasteiger partial charge is 0.317 e. The van der Waals surface area contributed by atoms with Gasteiger partial charge in [-0.1, -0.05) is 19.3 Å². The second kappa shape index (κ2) is 8.22. The Morgan fingerprint density at radius 1 is 1.24 bits per heavy atom. The predicted octanol–water partition coefficient (Wildman–Crippen LogP) is 1.84. The normalized spacial score (nSPS) is 23.8. The van der Waals surface area contributed by atoms with Crippen LogP contribution in [0.25, 0.3) is 0 Å². The van der Waals surface area contributed by atoms with E-state index in [1.165, 1.54) is 32.1 Å². The van der Waals surface area contributed by atoms with Gasteiger partial charge in [0, 0.05) is 26.1 Å². The highest BCUT2D eigenvalue weighted by Crippen LogP contribution is 2.29. The largest absolute Gasteiger partial charge is 0.481 e. The number of carbonyl (C=O) groups excluding carboxylic acids is 1. The first-order valence-electron chi connectivity index (χ1n) is 8.03. The first-order valence-corrected chi connectivity index (χ1v) is 8.03. The molecule has 2 aliphatic rings. The van der Waals surface area contributed by atoms with E-state index in [0.717, 1.165) is 0 Å². The number of nitrogens with one attached hydrogen (secondary N) is 1. The lowest BCUT2D eigenvalue weighted by Gasteiger charge is -2.38. The van der Waals surface area contributed by atoms with Crippen LogP contribution in [0.3, 0.4) is 0 Å². The number of morpholine rings is 1. The summed E-state index contributed by atoms with van der Waals surface area (Å²) in [5.41, 5.74) is 0. The van der Waals surface area contributed by atoms with Gasteiger partial charge in [0.1, 0.15) is 0 Å². The van der Waals surface area contributed by atoms with Crippen LogP contribution < -0.4 is 5.32 Å². The van der Waals surface area contributed by atoms with Gasteiger partial charge in [0.15, 0.2) is 0 Å². The van der Waals surface area contributed by atoms with E-state index in [4.69, 9.17) is 9.84 Å². The van der Waals surface area contributed by atoms with Gasteiger partial charge in [-0.2, -0.15) is 0 Å². The molecule has 1 aliphatic carbocycles. The van der Waals surface area contributed by atoms with Gasteiger partial charge < -0.3 is 20.1 Å². The Balaban J connectivity index is 1.72. The van der Waals surface area contributed by atoms with Crippen LogP contribution in [0.4, 0.5) is 4.79 Å². The van der Waals surface area contributed by atoms with Crippen molar-refractivity contribution in [3.05, 3.63) is 0 Å². The lowest BCUT2D eigenvalue weighted by Crippen LogP contribution is -2.51. The van der Waals surface area contributed by atoms with Gasteiger partial charge >= 0.3 is 12.0 Å². The lowest BCUT2D eigenvalue weighted by atomic mass is 9.84. The van der Waals surface area contributed by atoms with Crippen molar-refractivity contribution >= 4 is 12.0 Å². The summed E-state index contributed by atoms with van der Waals surface area (Å²) in [4.78, 5) is 24.3. The Hall–Kier alpha value is -1.30. The summed E-state index contributed by atoms with van der Waals surface area (Å²) in [6.07, 6.45) is 7.00. The van der Waals surface area contributed by atoms with Gasteiger partial charge in [-0.3, -0.25) is 4.79 Å². The Labute approximate surface area is 125 Å². The van der Waals surface area contributed by atoms with Crippen molar-refractivity contribution in [1.82, 2.24) is 10.2 Å². The fourth-order valence-electron chi connectivity index (χ4n) is 3.20. The molecule has 120 valence electrons. The van der Waals surface area contributed by atoms with Crippen LogP contribution in [0.5, 0.6) is 0 Å². The standard InChI is InChI=1S/C15H26N2O4/c18-14(19)7-4-8-16-15(20)17-9-10-21-13(11-17)12-5-2-1-3-6-12/h12-13H,1-11H2,(H,16,20)(H,18,19). The molecule has 0 aromatic heterocycles. The number of carbonyl (C=O) groups is 2. The maximum absolute atomic E-state index is 12.1. The van der Waals surface area contributed by atoms with E-state index >= 15 is 0 Å². The fraction of sp³-hybridized carbons (Fsp3) is 0.867. The van der Waals surface area contributed by atoms with Gasteiger partial charge in [-0.15, -0.1) is 0 Å². The van der Waals surface area contributed by atoms with E-state index in [2.05, 4.69) is 5.32 Å². The molecule has 0 aromatic carbocycles. The van der Waals surface area contributed by atoms with Crippen molar-refractivity contribution < 1.29 is 19.4 Å². The molecule has 1 atom stereocenters. The van der Waals surface area contributed by atoms with Crippen LogP contribution in [0.1, 0.15) is 44.9 Å². The van der Waals surface area contributed by atoms with Crippen molar-refractivity contribution in [2.75, 3.05) is 26.2 Å². The number of hydrogen-bond acceptors (Lipinski definition) is 3. The van der Waals surface area contributed by atoms with Crippen molar-refractivity contribution in [2.24, 2.45) is 5.92 Å². The molecule has 2 rings (SSSR count). The molecule has 1 heterocycles. The molecule has 1 saturated heterocycles. The summed E-state index contributed by atoms with van der Waals surface area (Å²) in [5.74, 6) is -0.241. The van der Waals surface area contributed by atoms with Crippen LogP contribution in [-0.2, 0) is 9.53 Å². The summed E-state index contributed by atoms with van der Waals surface area (Å²) < 4.78 is 5.86. The van der Waals surface area contributed by atoms with Crippen LogP contribution in [0.15, 0.2) is 0 Å². The first kappa shape index (κ1) is 16.1. The maximum Gasteiger partial charge on any atom is 0.317 e. The molecule has 6 heteroatoms. The number of aliphatic carboxylic acids is 1. The third-order valence-electron chi connectivity index (χ3n) is 4.40. The molecule has 6 nitrogen and oxygen atoms in total. The summed E-state index contributed by atoms with van der Waals surface area (Å²) in [6, 6.07) is -0.0931. The molecule has 2 fully saturated rings. The molecule has 1 unspecified atom stereocenters. The minimum atomic E-state index is -0.826. The molecule has 0 bridgehead atoms. The summed E-state index contributed by atoms with van der Waals surface area (Å²) >= 11 is 0. The number of nitrogens with zero attached hydrogens (tertiary/aromatic N) is 1. The molecule has 1 saturated carbocycles. The van der Waals surface area contributed by atoms with Crippen molar-refractivity contribution in [2.45, 2.75) is 51.0 Å². The van der Waals surface area contributed by atoms with E-state index in [-0.39, 0.29) is 18.6 Å². The lowest BCUT2D eigenvalue weighted by molar-refractivity contribution is -0.137. The van der Waals surface area contributed by atoms with Crippen molar-refractivity contribution in [1.29, 1.82) is 0 Å². The zero-order valence-corrected chi connectivity index (χ0v) is 12.6. The monoisotopic (exact) mass is 298 g/mol. The number of carboxylic acid groups (broad SMARTS) is 1. The summed E-state index contributed by atoms with van der Waals surface area (Å²) in [6.45, 7) is 2.30. The number of amides is 2. The van der Waals surface area contributed by atoms with Gasteiger partial charge in [-0.05, 0) is 25.2 Å². The van der Waals surface area contributed by atoms with Gasteiger partial charge in [0.25, 0.3) is 0 Å². The SMILES string of the molecule is O=C(O)CCCNC(=O)N1CCOC(C2CCCCC2)C1. The molecular formula is C15H26N2O4. The fourth-order valence-corrected chi connectivity index (χ4v) is 3.20. The Morgan fingerprint density at radius 2 is 2.00 bits per heavy atom. The van der Waals surface area contributed by atoms with E-state index in [1.807, 2.05) is 4.90 Å². The molecule has 0 aromatic rings. The Bertz CT molecular complexity index is 356. The van der Waals surface area contributed by atoms with Crippen LogP contribution in [0.2, 0.25) is 0 Å². The van der Waals surface area contributed by atoms with E-state index < -0.39 is 5.97 Å². The first-order chi connectivity index (χ1) is 10.2. The zero-order chi connectivity index (χ0) is 15.1. The number of urea groups is 1. The second-order valence-corrected chi connectivity index (χ2v) is 5.98. The quantitative estimate of drug-likeness (QED) is 0.759. The molecule has 21 heavy (non-hydrogen) atoms. The molecule has 2 N–H and O–H groups in total. The Morgan fingerprint density at radius 3 is 2.71 bits per heavy atom. The van der Waals surface area contributed by atoms with Crippen molar-refractivity contribution in [3.63, 3.8) is 0 Å². The maximum atomic E-state index is 12.1. The summed E-state index contributed by atoms with van der Waals surface area (Å²) in [5, 5.41) is 11.4. The molecule has 0 radical (unpaired) electrons. The minimum Gasteiger partial charge on any atom is -0.481 e. The Kier molecular flexibility index (Phi) is 6.29. The highest BCUT2D eigenvalue weighted by Gasteiger charge is 2.30. The average molecular weight is 298 g/mol. The number of ether oxygens (including phenoxy) is 1. The highest BCUT2D eigenvalue weighted by molar-refractivity contribution is 5.74. The molecule has 0 spiro atoms. The van der Waals surface area contributed by atoms with Crippen LogP contribution in [0, 0.1) is 5.92 Å². The third kappa shape index (κ3) is 5.19. The van der Waals surface area contributed by atoms with Gasteiger partial charge in [-0.25, -0.2) is 4.79 Å². The van der Waals surface area contributed by atoms with E-state index in [0.29, 0.717) is 38.6 Å². The van der Waals surface area contributed by atoms with E-state index in [1.54, 1.807) is 0 Å². The zero-order valence-electron chi connectivity index (χ0n) is 12.6. The van der Waals surface area contributed by atoms with Crippen LogP contribution in [-0.4, -0.2) is 54.4 Å². The molecule has 2 amide bonds. The average Bonchev–Trinajstić information content (AvgIpc) is 2.52. The van der Waals surface area contributed by atoms with Crippen LogP contribution >= 0.6 is 0 Å². The topological polar surface area (TPSA) is 78.9 Å². The van der Waals surface area contributed by atoms with Gasteiger partial charge in [0.2, 0.25) is 0 Å². The van der Waals surface area contributed by atoms with Gasteiger partial charge in [0.05, 0.1) is 12.7 Å². The highest BCUT2D eigenvalue weighted by atomic mass is 16.5. The van der Waals surface area contributed by atoms with Crippen molar-refractivity contribution in [3.8, 4) is 0 Å². The molecular weight excluding hydrogens is 272 g/mol. The number of rotatable bonds is 5. The number of carboxylic acids is 1. The predicted molar refractivity (Wildman–Crippen MR) is 78.2 cm³/mol. The second-order valence-electron chi connectivity index (χ2n) is 5.98.